The third kappa shape index (κ3) is 4.08. The molecule has 0 saturated heterocycles. The molecule has 0 bridgehead atoms. The van der Waals surface area contributed by atoms with Crippen LogP contribution in [0.4, 0.5) is 0 Å². The predicted molar refractivity (Wildman–Crippen MR) is 304 cm³/mol. The highest BCUT2D eigenvalue weighted by molar-refractivity contribution is 6.53. The van der Waals surface area contributed by atoms with Crippen LogP contribution in [0.5, 0.6) is 0 Å². The van der Waals surface area contributed by atoms with Crippen molar-refractivity contribution in [1.82, 2.24) is 0 Å². The molecule has 0 atom stereocenters. The molecular formula is C70H36. The maximum absolute atomic E-state index is 2.48. The highest BCUT2D eigenvalue weighted by atomic mass is 14.3. The normalized spacial score (nSPS) is 12.9. The fraction of sp³-hybridized carbons (Fsp3) is 0. The van der Waals surface area contributed by atoms with E-state index >= 15 is 0 Å². The fourth-order valence-electron chi connectivity index (χ4n) is 14.5. The van der Waals surface area contributed by atoms with Crippen molar-refractivity contribution in [2.45, 2.75) is 0 Å². The van der Waals surface area contributed by atoms with Crippen LogP contribution in [0.3, 0.4) is 0 Å². The third-order valence-electron chi connectivity index (χ3n) is 16.9. The monoisotopic (exact) mass is 876 g/mol. The second-order valence-electron chi connectivity index (χ2n) is 20.0. The quantitative estimate of drug-likeness (QED) is 0.123. The second-order valence-corrected chi connectivity index (χ2v) is 20.0. The van der Waals surface area contributed by atoms with Gasteiger partial charge in [0.1, 0.15) is 0 Å². The van der Waals surface area contributed by atoms with E-state index in [1.165, 1.54) is 184 Å². The van der Waals surface area contributed by atoms with Gasteiger partial charge in [-0.2, -0.15) is 0 Å². The predicted octanol–water partition coefficient (Wildman–Crippen LogP) is 20.0. The van der Waals surface area contributed by atoms with Crippen molar-refractivity contribution in [2.24, 2.45) is 0 Å². The van der Waals surface area contributed by atoms with Crippen LogP contribution in [-0.2, 0) is 0 Å². The van der Waals surface area contributed by atoms with Gasteiger partial charge >= 0.3 is 0 Å². The van der Waals surface area contributed by atoms with Crippen LogP contribution in [-0.4, -0.2) is 0 Å². The molecule has 0 aliphatic carbocycles. The van der Waals surface area contributed by atoms with Crippen LogP contribution in [0.15, 0.2) is 218 Å². The van der Waals surface area contributed by atoms with E-state index in [0.717, 1.165) is 0 Å². The van der Waals surface area contributed by atoms with Gasteiger partial charge in [0.15, 0.2) is 0 Å². The summed E-state index contributed by atoms with van der Waals surface area (Å²) < 4.78 is 0. The summed E-state index contributed by atoms with van der Waals surface area (Å²) in [7, 11) is 0. The molecule has 0 radical (unpaired) electrons. The summed E-state index contributed by atoms with van der Waals surface area (Å²) in [6, 6.07) is 83.2. The van der Waals surface area contributed by atoms with Crippen LogP contribution in [0, 0.1) is 0 Å². The number of rotatable bonds is 3. The molecule has 0 unspecified atom stereocenters. The Kier molecular flexibility index (Phi) is 6.43. The average molecular weight is 877 g/mol. The van der Waals surface area contributed by atoms with Gasteiger partial charge in [-0.3, -0.25) is 0 Å². The largest absolute Gasteiger partial charge is 0.0622 e. The second kappa shape index (κ2) is 12.5. The Morgan fingerprint density at radius 2 is 0.400 bits per heavy atom. The molecule has 0 amide bonds. The van der Waals surface area contributed by atoms with Gasteiger partial charge in [-0.25, -0.2) is 0 Å². The van der Waals surface area contributed by atoms with Gasteiger partial charge in [0.25, 0.3) is 0 Å². The standard InChI is InChI=1S/C70H36/c1-4-15-38(16-5-1)56-50-28-14-25-42-41-23-10-11-24-43(41)64(61(42)50)70-54-36-32-47-46-31-35-53-63-52(34-30-45(60(46)63)44-29-33-51(65(56)70)62(54)59(44)47)68-57(39-17-6-2-7-18-39)66-48-26-12-21-37-22-13-27-49(55(37)48)67(66)58(69(53)68)40-19-8-3-9-20-40/h1-36H. The summed E-state index contributed by atoms with van der Waals surface area (Å²) in [5, 5.41) is 37.7. The highest BCUT2D eigenvalue weighted by Crippen LogP contribution is 2.59. The zero-order valence-corrected chi connectivity index (χ0v) is 37.8. The summed E-state index contributed by atoms with van der Waals surface area (Å²) in [4.78, 5) is 0. The molecule has 0 spiro atoms. The number of hydrogen-bond donors (Lipinski definition) is 0. The minimum atomic E-state index is 1.26. The highest BCUT2D eigenvalue weighted by Gasteiger charge is 2.30. The summed E-state index contributed by atoms with van der Waals surface area (Å²) in [5.41, 5.74) is 7.77. The van der Waals surface area contributed by atoms with Gasteiger partial charge in [-0.05, 0) is 184 Å². The molecule has 18 aromatic carbocycles. The van der Waals surface area contributed by atoms with E-state index in [0.29, 0.717) is 0 Å². The van der Waals surface area contributed by atoms with E-state index in [2.05, 4.69) is 218 Å². The Morgan fingerprint density at radius 3 is 0.900 bits per heavy atom. The van der Waals surface area contributed by atoms with Crippen LogP contribution in [0.1, 0.15) is 0 Å². The molecule has 0 nitrogen and oxygen atoms in total. The van der Waals surface area contributed by atoms with Gasteiger partial charge < -0.3 is 0 Å². The van der Waals surface area contributed by atoms with Crippen LogP contribution in [0.2, 0.25) is 0 Å². The smallest absolute Gasteiger partial charge is 0.000696 e. The topological polar surface area (TPSA) is 0 Å². The van der Waals surface area contributed by atoms with Crippen LogP contribution >= 0.6 is 0 Å². The molecule has 0 aliphatic rings. The van der Waals surface area contributed by atoms with Crippen molar-refractivity contribution >= 4 is 151 Å². The van der Waals surface area contributed by atoms with Crippen molar-refractivity contribution in [3.63, 3.8) is 0 Å². The molecule has 0 aliphatic heterocycles. The fourth-order valence-corrected chi connectivity index (χ4v) is 14.5. The molecular weight excluding hydrogens is 841 g/mol. The number of fused-ring (bicyclic) bond motifs is 15. The molecule has 0 heterocycles. The zero-order valence-electron chi connectivity index (χ0n) is 37.8. The lowest BCUT2D eigenvalue weighted by Crippen LogP contribution is -1.87. The molecule has 0 fully saturated rings. The van der Waals surface area contributed by atoms with Gasteiger partial charge in [0.05, 0.1) is 0 Å². The molecule has 18 rings (SSSR count). The summed E-state index contributed by atoms with van der Waals surface area (Å²) in [6.07, 6.45) is 0. The molecule has 316 valence electrons. The van der Waals surface area contributed by atoms with Crippen molar-refractivity contribution in [2.75, 3.05) is 0 Å². The minimum Gasteiger partial charge on any atom is -0.0622 e. The van der Waals surface area contributed by atoms with Gasteiger partial charge in [0, 0.05) is 0 Å². The van der Waals surface area contributed by atoms with Crippen LogP contribution < -0.4 is 0 Å². The Balaban J connectivity index is 1.06. The molecule has 0 N–H and O–H groups in total. The zero-order chi connectivity index (χ0) is 45.1. The number of hydrogen-bond acceptors (Lipinski definition) is 0. The Hall–Kier alpha value is -9.10. The maximum atomic E-state index is 2.48. The van der Waals surface area contributed by atoms with Gasteiger partial charge in [0.2, 0.25) is 0 Å². The SMILES string of the molecule is c1ccc(-c2c3c4cccc5cccc(c3c(-c3ccccc3)c3c6ccc7c8ccc9c%10c(ccc(c%11ccc(c23)c6c%117)c8%10)c2c(-c3ccccc3)c3cccc6c7ccccc7c(c36)c92)c54)cc1. The Labute approximate surface area is 400 Å². The first-order valence-electron chi connectivity index (χ1n) is 24.7. The van der Waals surface area contributed by atoms with E-state index in [-0.39, 0.29) is 0 Å². The van der Waals surface area contributed by atoms with E-state index in [1.807, 2.05) is 0 Å². The first-order chi connectivity index (χ1) is 34.8. The van der Waals surface area contributed by atoms with Crippen molar-refractivity contribution < 1.29 is 0 Å². The lowest BCUT2D eigenvalue weighted by molar-refractivity contribution is 1.68. The molecule has 0 saturated carbocycles. The average Bonchev–Trinajstić information content (AvgIpc) is 4.16. The summed E-state index contributed by atoms with van der Waals surface area (Å²) in [5.74, 6) is 0. The lowest BCUT2D eigenvalue weighted by atomic mass is 9.87. The van der Waals surface area contributed by atoms with E-state index in [4.69, 9.17) is 0 Å². The third-order valence-corrected chi connectivity index (χ3v) is 16.9. The first-order valence-corrected chi connectivity index (χ1v) is 24.7. The number of benzene rings is 14. The van der Waals surface area contributed by atoms with E-state index in [9.17, 15) is 0 Å². The van der Waals surface area contributed by atoms with Crippen molar-refractivity contribution in [3.05, 3.63) is 218 Å². The van der Waals surface area contributed by atoms with Crippen molar-refractivity contribution in [1.29, 1.82) is 0 Å². The van der Waals surface area contributed by atoms with Gasteiger partial charge in [-0.1, -0.05) is 218 Å². The maximum Gasteiger partial charge on any atom is -0.000696 e. The molecule has 18 aromatic rings. The molecule has 70 heavy (non-hydrogen) atoms. The minimum absolute atomic E-state index is 1.26. The summed E-state index contributed by atoms with van der Waals surface area (Å²) in [6.45, 7) is 0. The first kappa shape index (κ1) is 36.0. The molecule has 0 heteroatoms. The Morgan fingerprint density at radius 1 is 0.129 bits per heavy atom. The summed E-state index contributed by atoms with van der Waals surface area (Å²) >= 11 is 0. The molecule has 0 aromatic heterocycles. The lowest BCUT2D eigenvalue weighted by Gasteiger charge is -2.15. The van der Waals surface area contributed by atoms with Gasteiger partial charge in [-0.15, -0.1) is 0 Å². The van der Waals surface area contributed by atoms with E-state index < -0.39 is 0 Å². The van der Waals surface area contributed by atoms with E-state index in [1.54, 1.807) is 0 Å². The van der Waals surface area contributed by atoms with Crippen LogP contribution in [0.25, 0.3) is 184 Å². The van der Waals surface area contributed by atoms with Crippen molar-refractivity contribution in [3.8, 4) is 33.4 Å². The Bertz CT molecular complexity index is 5060.